The molecule has 2 aromatic rings. The van der Waals surface area contributed by atoms with E-state index in [-0.39, 0.29) is 10.7 Å². The standard InChI is InChI=1S/C13H11BrClFN2O/c1-19-9-3-7(14)2-8(4-9)18-13-5-10(15)11(16)6-12(13)17/h2-6,18H,17H2,1H3. The number of rotatable bonds is 3. The Balaban J connectivity index is 2.36. The Kier molecular flexibility index (Phi) is 4.17. The van der Waals surface area contributed by atoms with E-state index in [1.807, 2.05) is 12.1 Å². The molecule has 0 saturated carbocycles. The Bertz CT molecular complexity index is 622. The van der Waals surface area contributed by atoms with Gasteiger partial charge in [-0.25, -0.2) is 4.39 Å². The molecule has 0 aromatic heterocycles. The molecule has 0 amide bonds. The lowest BCUT2D eigenvalue weighted by Crippen LogP contribution is -1.98. The minimum Gasteiger partial charge on any atom is -0.497 e. The normalized spacial score (nSPS) is 10.3. The summed E-state index contributed by atoms with van der Waals surface area (Å²) in [5.41, 5.74) is 7.31. The lowest BCUT2D eigenvalue weighted by molar-refractivity contribution is 0.415. The molecule has 0 aliphatic carbocycles. The molecule has 3 nitrogen and oxygen atoms in total. The molecule has 0 unspecified atom stereocenters. The second-order valence-corrected chi connectivity index (χ2v) is 5.18. The van der Waals surface area contributed by atoms with Crippen molar-refractivity contribution < 1.29 is 9.13 Å². The largest absolute Gasteiger partial charge is 0.497 e. The first-order valence-electron chi connectivity index (χ1n) is 5.35. The van der Waals surface area contributed by atoms with Gasteiger partial charge in [0.1, 0.15) is 11.6 Å². The SMILES string of the molecule is COc1cc(Br)cc(Nc2cc(Cl)c(F)cc2N)c1. The van der Waals surface area contributed by atoms with Crippen LogP contribution in [0.4, 0.5) is 21.5 Å². The van der Waals surface area contributed by atoms with E-state index in [0.717, 1.165) is 10.2 Å². The topological polar surface area (TPSA) is 47.3 Å². The van der Waals surface area contributed by atoms with Crippen molar-refractivity contribution in [2.24, 2.45) is 0 Å². The Morgan fingerprint density at radius 3 is 2.68 bits per heavy atom. The number of nitrogen functional groups attached to an aromatic ring is 1. The number of ether oxygens (including phenoxy) is 1. The van der Waals surface area contributed by atoms with E-state index in [4.69, 9.17) is 22.1 Å². The van der Waals surface area contributed by atoms with Crippen molar-refractivity contribution >= 4 is 44.6 Å². The van der Waals surface area contributed by atoms with Gasteiger partial charge in [-0.05, 0) is 18.2 Å². The molecule has 0 radical (unpaired) electrons. The van der Waals surface area contributed by atoms with Crippen molar-refractivity contribution in [3.63, 3.8) is 0 Å². The van der Waals surface area contributed by atoms with Crippen LogP contribution in [-0.4, -0.2) is 7.11 Å². The second-order valence-electron chi connectivity index (χ2n) is 3.86. The van der Waals surface area contributed by atoms with E-state index >= 15 is 0 Å². The van der Waals surface area contributed by atoms with Crippen molar-refractivity contribution in [3.8, 4) is 5.75 Å². The molecule has 100 valence electrons. The summed E-state index contributed by atoms with van der Waals surface area (Å²) in [5.74, 6) is 0.139. The van der Waals surface area contributed by atoms with Gasteiger partial charge < -0.3 is 15.8 Å². The van der Waals surface area contributed by atoms with E-state index in [0.29, 0.717) is 11.4 Å². The molecule has 0 atom stereocenters. The minimum atomic E-state index is -0.545. The van der Waals surface area contributed by atoms with Crippen molar-refractivity contribution in [1.82, 2.24) is 0 Å². The molecule has 0 fully saturated rings. The van der Waals surface area contributed by atoms with E-state index < -0.39 is 5.82 Å². The lowest BCUT2D eigenvalue weighted by Gasteiger charge is -2.12. The van der Waals surface area contributed by atoms with Gasteiger partial charge in [-0.15, -0.1) is 0 Å². The molecule has 2 aromatic carbocycles. The van der Waals surface area contributed by atoms with E-state index in [1.54, 1.807) is 13.2 Å². The zero-order chi connectivity index (χ0) is 14.0. The summed E-state index contributed by atoms with van der Waals surface area (Å²) in [4.78, 5) is 0. The third-order valence-electron chi connectivity index (χ3n) is 2.48. The van der Waals surface area contributed by atoms with Crippen molar-refractivity contribution in [1.29, 1.82) is 0 Å². The molecule has 0 spiro atoms. The maximum atomic E-state index is 13.2. The van der Waals surface area contributed by atoms with Gasteiger partial charge in [-0.2, -0.15) is 0 Å². The van der Waals surface area contributed by atoms with Crippen LogP contribution in [0.1, 0.15) is 0 Å². The highest BCUT2D eigenvalue weighted by Crippen LogP contribution is 2.31. The van der Waals surface area contributed by atoms with Crippen molar-refractivity contribution in [2.75, 3.05) is 18.2 Å². The number of nitrogens with two attached hydrogens (primary N) is 1. The molecule has 0 heterocycles. The first-order chi connectivity index (χ1) is 8.99. The van der Waals surface area contributed by atoms with Gasteiger partial charge >= 0.3 is 0 Å². The number of hydrogen-bond acceptors (Lipinski definition) is 3. The fraction of sp³-hybridized carbons (Fsp3) is 0.0769. The molecule has 0 saturated heterocycles. The molecule has 19 heavy (non-hydrogen) atoms. The molecule has 3 N–H and O–H groups in total. The molecule has 0 aliphatic heterocycles. The number of anilines is 3. The second kappa shape index (κ2) is 5.67. The molecular formula is C13H11BrClFN2O. The zero-order valence-corrected chi connectivity index (χ0v) is 12.3. The Morgan fingerprint density at radius 2 is 2.00 bits per heavy atom. The van der Waals surface area contributed by atoms with Gasteiger partial charge in [0.15, 0.2) is 0 Å². The number of benzene rings is 2. The fourth-order valence-electron chi connectivity index (χ4n) is 1.58. The third-order valence-corrected chi connectivity index (χ3v) is 3.23. The van der Waals surface area contributed by atoms with Gasteiger partial charge in [0.2, 0.25) is 0 Å². The highest BCUT2D eigenvalue weighted by atomic mass is 79.9. The van der Waals surface area contributed by atoms with E-state index in [9.17, 15) is 4.39 Å². The number of halogens is 3. The average Bonchev–Trinajstić information content (AvgIpc) is 2.35. The third kappa shape index (κ3) is 3.30. The molecule has 0 aliphatic rings. The van der Waals surface area contributed by atoms with Crippen LogP contribution in [0.15, 0.2) is 34.8 Å². The molecular weight excluding hydrogens is 335 g/mol. The monoisotopic (exact) mass is 344 g/mol. The lowest BCUT2D eigenvalue weighted by atomic mass is 10.2. The first kappa shape index (κ1) is 14.0. The minimum absolute atomic E-state index is 0.0126. The molecule has 6 heteroatoms. The van der Waals surface area contributed by atoms with E-state index in [2.05, 4.69) is 21.2 Å². The predicted molar refractivity (Wildman–Crippen MR) is 79.8 cm³/mol. The summed E-state index contributed by atoms with van der Waals surface area (Å²) < 4.78 is 19.2. The highest BCUT2D eigenvalue weighted by Gasteiger charge is 2.07. The summed E-state index contributed by atoms with van der Waals surface area (Å²) in [6, 6.07) is 8.09. The first-order valence-corrected chi connectivity index (χ1v) is 6.53. The number of hydrogen-bond donors (Lipinski definition) is 2. The smallest absolute Gasteiger partial charge is 0.143 e. The highest BCUT2D eigenvalue weighted by molar-refractivity contribution is 9.10. The Morgan fingerprint density at radius 1 is 1.26 bits per heavy atom. The van der Waals surface area contributed by atoms with Crippen molar-refractivity contribution in [3.05, 3.63) is 45.6 Å². The van der Waals surface area contributed by atoms with Crippen LogP contribution in [-0.2, 0) is 0 Å². The maximum absolute atomic E-state index is 13.2. The van der Waals surface area contributed by atoms with Crippen LogP contribution in [0.5, 0.6) is 5.75 Å². The molecule has 0 bridgehead atoms. The summed E-state index contributed by atoms with van der Waals surface area (Å²) in [7, 11) is 1.58. The van der Waals surface area contributed by atoms with Crippen LogP contribution in [0.2, 0.25) is 5.02 Å². The quantitative estimate of drug-likeness (QED) is 0.801. The average molecular weight is 346 g/mol. The maximum Gasteiger partial charge on any atom is 0.143 e. The summed E-state index contributed by atoms with van der Waals surface area (Å²) >= 11 is 9.11. The zero-order valence-electron chi connectivity index (χ0n) is 10.0. The van der Waals surface area contributed by atoms with Crippen LogP contribution in [0, 0.1) is 5.82 Å². The fourth-order valence-corrected chi connectivity index (χ4v) is 2.21. The van der Waals surface area contributed by atoms with Crippen molar-refractivity contribution in [2.45, 2.75) is 0 Å². The number of methoxy groups -OCH3 is 1. The number of nitrogens with one attached hydrogen (secondary N) is 1. The van der Waals surface area contributed by atoms with Gasteiger partial charge in [0, 0.05) is 22.3 Å². The van der Waals surface area contributed by atoms with Crippen LogP contribution in [0.3, 0.4) is 0 Å². The van der Waals surface area contributed by atoms with Crippen LogP contribution >= 0.6 is 27.5 Å². The van der Waals surface area contributed by atoms with Crippen LogP contribution in [0.25, 0.3) is 0 Å². The van der Waals surface area contributed by atoms with E-state index in [1.165, 1.54) is 12.1 Å². The summed E-state index contributed by atoms with van der Waals surface area (Å²) in [6.45, 7) is 0. The van der Waals surface area contributed by atoms with Gasteiger partial charge in [0.25, 0.3) is 0 Å². The van der Waals surface area contributed by atoms with Crippen LogP contribution < -0.4 is 15.8 Å². The Labute approximate surface area is 123 Å². The van der Waals surface area contributed by atoms with Gasteiger partial charge in [-0.3, -0.25) is 0 Å². The summed E-state index contributed by atoms with van der Waals surface area (Å²) in [6.07, 6.45) is 0. The summed E-state index contributed by atoms with van der Waals surface area (Å²) in [5, 5.41) is 3.08. The predicted octanol–water partition coefficient (Wildman–Crippen LogP) is 4.58. The van der Waals surface area contributed by atoms with Gasteiger partial charge in [0.05, 0.1) is 23.5 Å². The Hall–Kier alpha value is -1.46. The van der Waals surface area contributed by atoms with Gasteiger partial charge in [-0.1, -0.05) is 27.5 Å². The molecule has 2 rings (SSSR count).